The molecule has 1 fully saturated rings. The van der Waals surface area contributed by atoms with Crippen molar-refractivity contribution in [3.63, 3.8) is 0 Å². The first-order chi connectivity index (χ1) is 9.60. The Hall–Kier alpha value is -0.870. The van der Waals surface area contributed by atoms with Gasteiger partial charge in [0, 0.05) is 15.8 Å². The maximum atomic E-state index is 12.3. The number of aryl methyl sites for hydroxylation is 1. The zero-order valence-electron chi connectivity index (χ0n) is 11.7. The largest absolute Gasteiger partial charge is 0.394 e. The lowest BCUT2D eigenvalue weighted by Gasteiger charge is -2.16. The second-order valence-corrected chi connectivity index (χ2v) is 6.93. The van der Waals surface area contributed by atoms with Gasteiger partial charge in [0.05, 0.1) is 12.6 Å². The molecule has 2 aliphatic rings. The average molecular weight is 338 g/mol. The van der Waals surface area contributed by atoms with E-state index in [1.54, 1.807) is 0 Å². The molecule has 0 aliphatic heterocycles. The molecule has 0 unspecified atom stereocenters. The molecule has 0 heterocycles. The first-order valence-corrected chi connectivity index (χ1v) is 8.10. The highest BCUT2D eigenvalue weighted by Gasteiger charge is 2.61. The lowest BCUT2D eigenvalue weighted by Crippen LogP contribution is -2.39. The zero-order chi connectivity index (χ0) is 14.3. The second kappa shape index (κ2) is 5.15. The molecule has 3 nitrogen and oxygen atoms in total. The Kier molecular flexibility index (Phi) is 3.63. The van der Waals surface area contributed by atoms with Crippen LogP contribution in [-0.4, -0.2) is 23.7 Å². The Balaban J connectivity index is 1.75. The van der Waals surface area contributed by atoms with Gasteiger partial charge in [0.2, 0.25) is 5.91 Å². The molecule has 1 spiro atoms. The van der Waals surface area contributed by atoms with Crippen molar-refractivity contribution >= 4 is 21.8 Å². The van der Waals surface area contributed by atoms with Crippen LogP contribution in [0, 0.1) is 5.92 Å². The number of halogens is 1. The maximum Gasteiger partial charge on any atom is 0.224 e. The van der Waals surface area contributed by atoms with E-state index < -0.39 is 0 Å². The lowest BCUT2D eigenvalue weighted by molar-refractivity contribution is -0.123. The van der Waals surface area contributed by atoms with Crippen LogP contribution < -0.4 is 5.32 Å². The van der Waals surface area contributed by atoms with Crippen LogP contribution in [0.5, 0.6) is 0 Å². The highest BCUT2D eigenvalue weighted by molar-refractivity contribution is 9.10. The molecule has 20 heavy (non-hydrogen) atoms. The summed E-state index contributed by atoms with van der Waals surface area (Å²) < 4.78 is 1.11. The molecular weight excluding hydrogens is 318 g/mol. The van der Waals surface area contributed by atoms with Crippen molar-refractivity contribution in [3.8, 4) is 0 Å². The summed E-state index contributed by atoms with van der Waals surface area (Å²) in [6.07, 6.45) is 3.86. The van der Waals surface area contributed by atoms with Crippen LogP contribution in [0.4, 0.5) is 0 Å². The first kappa shape index (κ1) is 14.1. The highest BCUT2D eigenvalue weighted by atomic mass is 79.9. The van der Waals surface area contributed by atoms with Gasteiger partial charge < -0.3 is 10.4 Å². The third-order valence-electron chi connectivity index (χ3n) is 4.90. The van der Waals surface area contributed by atoms with Crippen molar-refractivity contribution in [3.05, 3.63) is 33.8 Å². The van der Waals surface area contributed by atoms with Crippen molar-refractivity contribution in [2.75, 3.05) is 6.61 Å². The van der Waals surface area contributed by atoms with Gasteiger partial charge in [-0.1, -0.05) is 28.9 Å². The molecule has 1 aromatic rings. The summed E-state index contributed by atoms with van der Waals surface area (Å²) in [5.41, 5.74) is 2.81. The Labute approximate surface area is 127 Å². The van der Waals surface area contributed by atoms with Gasteiger partial charge in [-0.3, -0.25) is 4.79 Å². The standard InChI is InChI=1S/C16H20BrNO2/c1-2-12(9-19)18-15(20)14-8-16(14)6-5-10-7-11(17)3-4-13(10)16/h3-4,7,12,14,19H,2,5-6,8-9H2,1H3,(H,18,20)/t12-,14-,16+/m0/s1. The molecule has 1 saturated carbocycles. The number of amides is 1. The Morgan fingerprint density at radius 1 is 1.60 bits per heavy atom. The molecule has 3 rings (SSSR count). The topological polar surface area (TPSA) is 49.3 Å². The van der Waals surface area contributed by atoms with Crippen LogP contribution in [0.2, 0.25) is 0 Å². The number of hydrogen-bond acceptors (Lipinski definition) is 2. The highest BCUT2D eigenvalue weighted by Crippen LogP contribution is 2.61. The van der Waals surface area contributed by atoms with Crippen LogP contribution in [-0.2, 0) is 16.6 Å². The Morgan fingerprint density at radius 3 is 3.10 bits per heavy atom. The summed E-state index contributed by atoms with van der Waals surface area (Å²) in [6, 6.07) is 6.32. The van der Waals surface area contributed by atoms with E-state index >= 15 is 0 Å². The number of aliphatic hydroxyl groups is 1. The summed E-state index contributed by atoms with van der Waals surface area (Å²) in [5, 5.41) is 12.2. The van der Waals surface area contributed by atoms with Gasteiger partial charge in [-0.25, -0.2) is 0 Å². The number of benzene rings is 1. The second-order valence-electron chi connectivity index (χ2n) is 6.01. The molecule has 1 aromatic carbocycles. The monoisotopic (exact) mass is 337 g/mol. The van der Waals surface area contributed by atoms with E-state index in [-0.39, 0.29) is 29.9 Å². The van der Waals surface area contributed by atoms with Crippen molar-refractivity contribution in [1.29, 1.82) is 0 Å². The van der Waals surface area contributed by atoms with E-state index in [1.807, 2.05) is 6.92 Å². The van der Waals surface area contributed by atoms with Gasteiger partial charge in [-0.15, -0.1) is 0 Å². The number of carbonyl (C=O) groups is 1. The summed E-state index contributed by atoms with van der Waals surface area (Å²) in [4.78, 5) is 12.3. The van der Waals surface area contributed by atoms with Crippen LogP contribution in [0.1, 0.15) is 37.3 Å². The van der Waals surface area contributed by atoms with Crippen LogP contribution >= 0.6 is 15.9 Å². The van der Waals surface area contributed by atoms with Gasteiger partial charge in [0.25, 0.3) is 0 Å². The molecule has 2 N–H and O–H groups in total. The van der Waals surface area contributed by atoms with E-state index in [0.29, 0.717) is 0 Å². The van der Waals surface area contributed by atoms with Crippen molar-refractivity contribution in [2.45, 2.75) is 44.1 Å². The van der Waals surface area contributed by atoms with Crippen LogP contribution in [0.15, 0.2) is 22.7 Å². The molecule has 2 aliphatic carbocycles. The zero-order valence-corrected chi connectivity index (χ0v) is 13.2. The third-order valence-corrected chi connectivity index (χ3v) is 5.39. The van der Waals surface area contributed by atoms with Crippen LogP contribution in [0.3, 0.4) is 0 Å². The third kappa shape index (κ3) is 2.19. The van der Waals surface area contributed by atoms with Crippen molar-refractivity contribution < 1.29 is 9.90 Å². The van der Waals surface area contributed by atoms with Gasteiger partial charge in [-0.2, -0.15) is 0 Å². The Morgan fingerprint density at radius 2 is 2.40 bits per heavy atom. The smallest absolute Gasteiger partial charge is 0.224 e. The number of hydrogen-bond donors (Lipinski definition) is 2. The Bertz CT molecular complexity index is 541. The summed E-state index contributed by atoms with van der Waals surface area (Å²) >= 11 is 3.51. The molecule has 0 radical (unpaired) electrons. The predicted molar refractivity (Wildman–Crippen MR) is 81.6 cm³/mol. The van der Waals surface area contributed by atoms with Gasteiger partial charge >= 0.3 is 0 Å². The molecule has 4 heteroatoms. The van der Waals surface area contributed by atoms with Gasteiger partial charge in [0.15, 0.2) is 0 Å². The number of carbonyl (C=O) groups excluding carboxylic acids is 1. The normalized spacial score (nSPS) is 28.2. The van der Waals surface area contributed by atoms with E-state index in [9.17, 15) is 9.90 Å². The van der Waals surface area contributed by atoms with E-state index in [4.69, 9.17) is 0 Å². The van der Waals surface area contributed by atoms with Crippen molar-refractivity contribution in [1.82, 2.24) is 5.32 Å². The fourth-order valence-corrected chi connectivity index (χ4v) is 3.96. The molecule has 3 atom stereocenters. The molecule has 108 valence electrons. The maximum absolute atomic E-state index is 12.3. The first-order valence-electron chi connectivity index (χ1n) is 7.31. The summed E-state index contributed by atoms with van der Waals surface area (Å²) in [6.45, 7) is 2.00. The predicted octanol–water partition coefficient (Wildman–Crippen LogP) is 2.54. The number of fused-ring (bicyclic) bond motifs is 2. The van der Waals surface area contributed by atoms with Crippen LogP contribution in [0.25, 0.3) is 0 Å². The summed E-state index contributed by atoms with van der Waals surface area (Å²) in [5.74, 6) is 0.201. The average Bonchev–Trinajstić information content (AvgIpc) is 3.07. The van der Waals surface area contributed by atoms with E-state index in [2.05, 4.69) is 39.4 Å². The SMILES string of the molecule is CC[C@@H](CO)NC(=O)[C@@H]1C[C@@]12CCc1cc(Br)ccc12. The fraction of sp³-hybridized carbons (Fsp3) is 0.562. The minimum Gasteiger partial charge on any atom is -0.394 e. The van der Waals surface area contributed by atoms with Crippen molar-refractivity contribution in [2.24, 2.45) is 5.92 Å². The summed E-state index contributed by atoms with van der Waals surface area (Å²) in [7, 11) is 0. The lowest BCUT2D eigenvalue weighted by atomic mass is 9.95. The molecule has 0 bridgehead atoms. The number of nitrogens with one attached hydrogen (secondary N) is 1. The quantitative estimate of drug-likeness (QED) is 0.886. The minimum atomic E-state index is -0.106. The van der Waals surface area contributed by atoms with E-state index in [0.717, 1.165) is 30.2 Å². The minimum absolute atomic E-state index is 0.0193. The number of rotatable bonds is 4. The number of aliphatic hydroxyl groups excluding tert-OH is 1. The molecule has 1 amide bonds. The molecule has 0 saturated heterocycles. The fourth-order valence-electron chi connectivity index (χ4n) is 3.55. The van der Waals surface area contributed by atoms with Gasteiger partial charge in [-0.05, 0) is 48.9 Å². The molecular formula is C16H20BrNO2. The molecule has 0 aromatic heterocycles. The van der Waals surface area contributed by atoms with E-state index in [1.165, 1.54) is 11.1 Å². The van der Waals surface area contributed by atoms with Gasteiger partial charge in [0.1, 0.15) is 0 Å².